The summed E-state index contributed by atoms with van der Waals surface area (Å²) in [6, 6.07) is 6.17. The SMILES string of the molecule is CCC(Oc1ccccc1F)C(=O)N1CCC(OCCCN)CC1. The third kappa shape index (κ3) is 5.18. The van der Waals surface area contributed by atoms with Crippen LogP contribution in [-0.4, -0.2) is 49.3 Å². The van der Waals surface area contributed by atoms with Crippen molar-refractivity contribution in [2.45, 2.75) is 44.8 Å². The molecule has 1 heterocycles. The molecule has 1 aliphatic rings. The van der Waals surface area contributed by atoms with E-state index in [1.165, 1.54) is 6.07 Å². The molecule has 1 aromatic carbocycles. The normalized spacial score (nSPS) is 16.9. The molecule has 1 atom stereocenters. The van der Waals surface area contributed by atoms with E-state index >= 15 is 0 Å². The topological polar surface area (TPSA) is 64.8 Å². The Balaban J connectivity index is 1.85. The van der Waals surface area contributed by atoms with Crippen LogP contribution in [0.1, 0.15) is 32.6 Å². The van der Waals surface area contributed by atoms with Crippen LogP contribution in [0.15, 0.2) is 24.3 Å². The first-order valence-electron chi connectivity index (χ1n) is 8.67. The highest BCUT2D eigenvalue weighted by atomic mass is 19.1. The molecule has 0 bridgehead atoms. The lowest BCUT2D eigenvalue weighted by molar-refractivity contribution is -0.141. The lowest BCUT2D eigenvalue weighted by atomic mass is 10.1. The molecule has 2 rings (SSSR count). The van der Waals surface area contributed by atoms with Crippen molar-refractivity contribution in [2.24, 2.45) is 5.73 Å². The number of rotatable bonds is 8. The molecular weight excluding hydrogens is 311 g/mol. The van der Waals surface area contributed by atoms with E-state index in [0.29, 0.717) is 32.7 Å². The maximum Gasteiger partial charge on any atom is 0.263 e. The fourth-order valence-electron chi connectivity index (χ4n) is 2.78. The highest BCUT2D eigenvalue weighted by Crippen LogP contribution is 2.21. The number of piperidine rings is 1. The highest BCUT2D eigenvalue weighted by molar-refractivity contribution is 5.81. The summed E-state index contributed by atoms with van der Waals surface area (Å²) in [6.07, 6.45) is 2.51. The van der Waals surface area contributed by atoms with Gasteiger partial charge in [-0.15, -0.1) is 0 Å². The van der Waals surface area contributed by atoms with E-state index in [9.17, 15) is 9.18 Å². The molecule has 5 nitrogen and oxygen atoms in total. The minimum Gasteiger partial charge on any atom is -0.478 e. The van der Waals surface area contributed by atoms with Gasteiger partial charge < -0.3 is 20.1 Å². The van der Waals surface area contributed by atoms with Crippen molar-refractivity contribution in [1.82, 2.24) is 4.90 Å². The summed E-state index contributed by atoms with van der Waals surface area (Å²) in [6.45, 7) is 4.45. The van der Waals surface area contributed by atoms with Gasteiger partial charge in [0, 0.05) is 19.7 Å². The molecule has 1 unspecified atom stereocenters. The van der Waals surface area contributed by atoms with Crippen molar-refractivity contribution < 1.29 is 18.7 Å². The molecule has 0 radical (unpaired) electrons. The van der Waals surface area contributed by atoms with Crippen LogP contribution in [0.4, 0.5) is 4.39 Å². The van der Waals surface area contributed by atoms with E-state index in [1.54, 1.807) is 23.1 Å². The maximum atomic E-state index is 13.7. The standard InChI is InChI=1S/C18H27FN2O3/c1-2-16(24-17-7-4-3-6-15(17)19)18(22)21-11-8-14(9-12-21)23-13-5-10-20/h3-4,6-7,14,16H,2,5,8-13,20H2,1H3. The molecular formula is C18H27FN2O3. The first-order valence-corrected chi connectivity index (χ1v) is 8.67. The predicted octanol–water partition coefficient (Wildman–Crippen LogP) is 2.34. The van der Waals surface area contributed by atoms with Crippen LogP contribution in [0.3, 0.4) is 0 Å². The fraction of sp³-hybridized carbons (Fsp3) is 0.611. The summed E-state index contributed by atoms with van der Waals surface area (Å²) in [5.41, 5.74) is 5.45. The van der Waals surface area contributed by atoms with E-state index in [2.05, 4.69) is 0 Å². The van der Waals surface area contributed by atoms with Gasteiger partial charge in [-0.3, -0.25) is 4.79 Å². The van der Waals surface area contributed by atoms with Crippen molar-refractivity contribution in [1.29, 1.82) is 0 Å². The lowest BCUT2D eigenvalue weighted by Gasteiger charge is -2.34. The third-order valence-corrected chi connectivity index (χ3v) is 4.21. The predicted molar refractivity (Wildman–Crippen MR) is 90.3 cm³/mol. The Morgan fingerprint density at radius 2 is 2.08 bits per heavy atom. The molecule has 6 heteroatoms. The molecule has 0 aliphatic carbocycles. The Labute approximate surface area is 142 Å². The molecule has 1 fully saturated rings. The van der Waals surface area contributed by atoms with Gasteiger partial charge in [0.05, 0.1) is 6.10 Å². The second-order valence-electron chi connectivity index (χ2n) is 5.98. The molecule has 2 N–H and O–H groups in total. The van der Waals surface area contributed by atoms with E-state index < -0.39 is 11.9 Å². The zero-order valence-electron chi connectivity index (χ0n) is 14.2. The number of nitrogens with two attached hydrogens (primary N) is 1. The zero-order valence-corrected chi connectivity index (χ0v) is 14.2. The summed E-state index contributed by atoms with van der Waals surface area (Å²) in [5.74, 6) is -0.408. The number of hydrogen-bond donors (Lipinski definition) is 1. The molecule has 1 aliphatic heterocycles. The number of amides is 1. The highest BCUT2D eigenvalue weighted by Gasteiger charge is 2.29. The van der Waals surface area contributed by atoms with Gasteiger partial charge in [0.25, 0.3) is 5.91 Å². The van der Waals surface area contributed by atoms with Crippen molar-refractivity contribution in [3.63, 3.8) is 0 Å². The van der Waals surface area contributed by atoms with Crippen molar-refractivity contribution in [3.8, 4) is 5.75 Å². The average Bonchev–Trinajstić information content (AvgIpc) is 2.61. The zero-order chi connectivity index (χ0) is 17.4. The molecule has 134 valence electrons. The molecule has 0 spiro atoms. The number of ether oxygens (including phenoxy) is 2. The molecule has 1 amide bonds. The number of likely N-dealkylation sites (tertiary alicyclic amines) is 1. The number of nitrogens with zero attached hydrogens (tertiary/aromatic N) is 1. The Kier molecular flexibility index (Phi) is 7.46. The maximum absolute atomic E-state index is 13.7. The number of benzene rings is 1. The van der Waals surface area contributed by atoms with Crippen molar-refractivity contribution in [3.05, 3.63) is 30.1 Å². The first kappa shape index (κ1) is 18.7. The van der Waals surface area contributed by atoms with Gasteiger partial charge in [-0.05, 0) is 44.4 Å². The summed E-state index contributed by atoms with van der Waals surface area (Å²) in [4.78, 5) is 14.4. The number of carbonyl (C=O) groups is 1. The van der Waals surface area contributed by atoms with Crippen molar-refractivity contribution in [2.75, 3.05) is 26.2 Å². The minimum atomic E-state index is -0.656. The van der Waals surface area contributed by atoms with Crippen LogP contribution >= 0.6 is 0 Å². The van der Waals surface area contributed by atoms with Gasteiger partial charge in [0.15, 0.2) is 17.7 Å². The van der Waals surface area contributed by atoms with Gasteiger partial charge in [-0.25, -0.2) is 4.39 Å². The third-order valence-electron chi connectivity index (χ3n) is 4.21. The van der Waals surface area contributed by atoms with Gasteiger partial charge in [-0.1, -0.05) is 19.1 Å². The minimum absolute atomic E-state index is 0.0823. The number of para-hydroxylation sites is 1. The summed E-state index contributed by atoms with van der Waals surface area (Å²) in [7, 11) is 0. The van der Waals surface area contributed by atoms with Gasteiger partial charge in [-0.2, -0.15) is 0 Å². The Morgan fingerprint density at radius 3 is 2.71 bits per heavy atom. The smallest absolute Gasteiger partial charge is 0.263 e. The largest absolute Gasteiger partial charge is 0.478 e. The molecule has 1 saturated heterocycles. The first-order chi connectivity index (χ1) is 11.7. The van der Waals surface area contributed by atoms with Crippen LogP contribution in [0.2, 0.25) is 0 Å². The second-order valence-corrected chi connectivity index (χ2v) is 5.98. The second kappa shape index (κ2) is 9.59. The van der Waals surface area contributed by atoms with Crippen LogP contribution in [0.5, 0.6) is 5.75 Å². The van der Waals surface area contributed by atoms with E-state index in [1.807, 2.05) is 6.92 Å². The van der Waals surface area contributed by atoms with Gasteiger partial charge in [0.2, 0.25) is 0 Å². The molecule has 24 heavy (non-hydrogen) atoms. The lowest BCUT2D eigenvalue weighted by Crippen LogP contribution is -2.47. The van der Waals surface area contributed by atoms with Crippen LogP contribution in [0.25, 0.3) is 0 Å². The average molecular weight is 338 g/mol. The summed E-state index contributed by atoms with van der Waals surface area (Å²) >= 11 is 0. The van der Waals surface area contributed by atoms with Crippen molar-refractivity contribution >= 4 is 5.91 Å². The Morgan fingerprint density at radius 1 is 1.38 bits per heavy atom. The van der Waals surface area contributed by atoms with Crippen LogP contribution in [0, 0.1) is 5.82 Å². The van der Waals surface area contributed by atoms with E-state index in [-0.39, 0.29) is 17.8 Å². The van der Waals surface area contributed by atoms with E-state index in [4.69, 9.17) is 15.2 Å². The number of halogens is 1. The van der Waals surface area contributed by atoms with Gasteiger partial charge in [0.1, 0.15) is 0 Å². The fourth-order valence-corrected chi connectivity index (χ4v) is 2.78. The van der Waals surface area contributed by atoms with Gasteiger partial charge >= 0.3 is 0 Å². The van der Waals surface area contributed by atoms with Crippen LogP contribution < -0.4 is 10.5 Å². The molecule has 1 aromatic rings. The number of hydrogen-bond acceptors (Lipinski definition) is 4. The summed E-state index contributed by atoms with van der Waals surface area (Å²) in [5, 5.41) is 0. The molecule has 0 aromatic heterocycles. The monoisotopic (exact) mass is 338 g/mol. The summed E-state index contributed by atoms with van der Waals surface area (Å²) < 4.78 is 25.1. The Hall–Kier alpha value is -1.66. The Bertz CT molecular complexity index is 519. The van der Waals surface area contributed by atoms with E-state index in [0.717, 1.165) is 19.3 Å². The number of carbonyl (C=O) groups excluding carboxylic acids is 1. The quantitative estimate of drug-likeness (QED) is 0.739. The van der Waals surface area contributed by atoms with Crippen LogP contribution in [-0.2, 0) is 9.53 Å². The molecule has 0 saturated carbocycles.